The summed E-state index contributed by atoms with van der Waals surface area (Å²) in [5.74, 6) is 0. The third-order valence-electron chi connectivity index (χ3n) is 3.46. The summed E-state index contributed by atoms with van der Waals surface area (Å²) >= 11 is 1.68. The summed E-state index contributed by atoms with van der Waals surface area (Å²) in [7, 11) is 0. The van der Waals surface area contributed by atoms with Crippen molar-refractivity contribution in [2.24, 2.45) is 0 Å². The molecule has 1 aromatic heterocycles. The quantitative estimate of drug-likeness (QED) is 0.650. The van der Waals surface area contributed by atoms with Crippen LogP contribution in [0.3, 0.4) is 0 Å². The number of carbonyl (C=O) groups is 1. The fourth-order valence-corrected chi connectivity index (χ4v) is 3.07. The van der Waals surface area contributed by atoms with E-state index in [1.54, 1.807) is 11.3 Å². The van der Waals surface area contributed by atoms with Gasteiger partial charge in [-0.25, -0.2) is 9.78 Å². The molecule has 1 unspecified atom stereocenters. The van der Waals surface area contributed by atoms with Crippen LogP contribution in [0.5, 0.6) is 0 Å². The second-order valence-electron chi connectivity index (χ2n) is 5.39. The van der Waals surface area contributed by atoms with Crippen LogP contribution in [0, 0.1) is 6.92 Å². The van der Waals surface area contributed by atoms with Gasteiger partial charge in [0.05, 0.1) is 17.7 Å². The summed E-state index contributed by atoms with van der Waals surface area (Å²) in [6.45, 7) is 2.49. The van der Waals surface area contributed by atoms with Gasteiger partial charge in [0.1, 0.15) is 0 Å². The zero-order valence-electron chi connectivity index (χ0n) is 13.3. The van der Waals surface area contributed by atoms with Gasteiger partial charge in [0.25, 0.3) is 0 Å². The summed E-state index contributed by atoms with van der Waals surface area (Å²) in [5, 5.41) is 18.2. The number of aliphatic hydroxyl groups excluding tert-OH is 1. The zero-order chi connectivity index (χ0) is 16.5. The van der Waals surface area contributed by atoms with E-state index in [1.807, 2.05) is 37.3 Å². The Morgan fingerprint density at radius 1 is 1.30 bits per heavy atom. The van der Waals surface area contributed by atoms with Gasteiger partial charge in [-0.2, -0.15) is 0 Å². The minimum Gasteiger partial charge on any atom is -0.394 e. The molecule has 1 aromatic carbocycles. The highest BCUT2D eigenvalue weighted by Crippen LogP contribution is 2.12. The molecule has 0 radical (unpaired) electrons. The van der Waals surface area contributed by atoms with E-state index in [0.29, 0.717) is 6.54 Å². The number of benzene rings is 1. The van der Waals surface area contributed by atoms with Crippen LogP contribution >= 0.6 is 11.3 Å². The number of rotatable bonds is 8. The number of urea groups is 1. The highest BCUT2D eigenvalue weighted by molar-refractivity contribution is 7.09. The lowest BCUT2D eigenvalue weighted by molar-refractivity contribution is 0.217. The molecule has 0 aliphatic carbocycles. The van der Waals surface area contributed by atoms with E-state index < -0.39 is 0 Å². The molecule has 23 heavy (non-hydrogen) atoms. The van der Waals surface area contributed by atoms with Crippen molar-refractivity contribution in [3.8, 4) is 0 Å². The molecule has 0 aliphatic heterocycles. The molecule has 2 rings (SSSR count). The summed E-state index contributed by atoms with van der Waals surface area (Å²) < 4.78 is 0. The Balaban J connectivity index is 1.64. The maximum absolute atomic E-state index is 11.9. The van der Waals surface area contributed by atoms with Crippen LogP contribution < -0.4 is 10.6 Å². The number of nitrogens with one attached hydrogen (secondary N) is 2. The number of unbranched alkanes of at least 4 members (excludes halogenated alkanes) is 1. The van der Waals surface area contributed by atoms with Crippen molar-refractivity contribution in [3.05, 3.63) is 52.0 Å². The van der Waals surface area contributed by atoms with E-state index in [4.69, 9.17) is 0 Å². The van der Waals surface area contributed by atoms with Gasteiger partial charge in [0, 0.05) is 17.6 Å². The highest BCUT2D eigenvalue weighted by Gasteiger charge is 2.12. The molecule has 124 valence electrons. The molecule has 2 amide bonds. The first kappa shape index (κ1) is 17.4. The highest BCUT2D eigenvalue weighted by atomic mass is 32.1. The first-order valence-corrected chi connectivity index (χ1v) is 8.68. The Hall–Kier alpha value is -1.92. The fourth-order valence-electron chi connectivity index (χ4n) is 2.25. The number of aryl methyl sites for hydroxylation is 2. The molecule has 5 nitrogen and oxygen atoms in total. The molecule has 0 aliphatic rings. The molecule has 0 bridgehead atoms. The van der Waals surface area contributed by atoms with Crippen LogP contribution in [-0.4, -0.2) is 29.3 Å². The number of aliphatic hydroxyl groups is 1. The summed E-state index contributed by atoms with van der Waals surface area (Å²) in [5.41, 5.74) is 1.96. The van der Waals surface area contributed by atoms with Crippen molar-refractivity contribution >= 4 is 17.4 Å². The van der Waals surface area contributed by atoms with Crippen molar-refractivity contribution in [3.63, 3.8) is 0 Å². The maximum atomic E-state index is 11.9. The predicted molar refractivity (Wildman–Crippen MR) is 92.6 cm³/mol. The molecule has 1 heterocycles. The number of hydrogen-bond donors (Lipinski definition) is 3. The summed E-state index contributed by atoms with van der Waals surface area (Å²) in [6, 6.07) is 8.82. The first-order chi connectivity index (χ1) is 11.2. The molecule has 3 N–H and O–H groups in total. The van der Waals surface area contributed by atoms with E-state index in [2.05, 4.69) is 21.0 Å². The van der Waals surface area contributed by atoms with Gasteiger partial charge in [-0.05, 0) is 31.7 Å². The lowest BCUT2D eigenvalue weighted by atomic mass is 10.1. The maximum Gasteiger partial charge on any atom is 0.315 e. The van der Waals surface area contributed by atoms with Crippen molar-refractivity contribution < 1.29 is 9.90 Å². The number of thiazole rings is 1. The molecule has 6 heteroatoms. The Morgan fingerprint density at radius 2 is 2.09 bits per heavy atom. The Kier molecular flexibility index (Phi) is 7.03. The fraction of sp³-hybridized carbons (Fsp3) is 0.412. The topological polar surface area (TPSA) is 74.2 Å². The monoisotopic (exact) mass is 333 g/mol. The number of amides is 2. The third-order valence-corrected chi connectivity index (χ3v) is 4.49. The van der Waals surface area contributed by atoms with Crippen molar-refractivity contribution in [1.29, 1.82) is 0 Å². The number of aromatic nitrogens is 1. The molecule has 0 fully saturated rings. The van der Waals surface area contributed by atoms with Gasteiger partial charge in [-0.3, -0.25) is 0 Å². The molecule has 0 saturated carbocycles. The molecular weight excluding hydrogens is 310 g/mol. The number of hydrogen-bond acceptors (Lipinski definition) is 4. The van der Waals surface area contributed by atoms with E-state index >= 15 is 0 Å². The minimum absolute atomic E-state index is 0.124. The van der Waals surface area contributed by atoms with Gasteiger partial charge in [0.15, 0.2) is 0 Å². The summed E-state index contributed by atoms with van der Waals surface area (Å²) in [4.78, 5) is 16.3. The minimum atomic E-state index is -0.380. The normalized spacial score (nSPS) is 11.9. The standard InChI is InChI=1S/C17H23N3O2S/c1-13-12-23-16(19-13)9-5-6-10-18-17(22)20-15(11-21)14-7-3-2-4-8-14/h2-4,7-8,12,15,21H,5-6,9-11H2,1H3,(H2,18,20,22). The van der Waals surface area contributed by atoms with Crippen LogP contribution in [0.4, 0.5) is 4.79 Å². The average molecular weight is 333 g/mol. The second kappa shape index (κ2) is 9.27. The number of nitrogens with zero attached hydrogens (tertiary/aromatic N) is 1. The smallest absolute Gasteiger partial charge is 0.315 e. The Morgan fingerprint density at radius 3 is 2.74 bits per heavy atom. The van der Waals surface area contributed by atoms with E-state index in [1.165, 1.54) is 0 Å². The second-order valence-corrected chi connectivity index (χ2v) is 6.33. The van der Waals surface area contributed by atoms with Crippen LogP contribution in [-0.2, 0) is 6.42 Å². The molecular formula is C17H23N3O2S. The van der Waals surface area contributed by atoms with E-state index in [-0.39, 0.29) is 18.7 Å². The Labute approximate surface area is 140 Å². The van der Waals surface area contributed by atoms with Crippen molar-refractivity contribution in [2.75, 3.05) is 13.2 Å². The molecule has 0 saturated heterocycles. The van der Waals surface area contributed by atoms with Crippen LogP contribution in [0.1, 0.15) is 35.1 Å². The first-order valence-electron chi connectivity index (χ1n) is 7.80. The van der Waals surface area contributed by atoms with Gasteiger partial charge < -0.3 is 15.7 Å². The van der Waals surface area contributed by atoms with Crippen molar-refractivity contribution in [2.45, 2.75) is 32.2 Å². The predicted octanol–water partition coefficient (Wildman–Crippen LogP) is 2.81. The van der Waals surface area contributed by atoms with Crippen LogP contribution in [0.15, 0.2) is 35.7 Å². The average Bonchev–Trinajstić information content (AvgIpc) is 2.98. The lowest BCUT2D eigenvalue weighted by Gasteiger charge is -2.17. The third kappa shape index (κ3) is 6.00. The number of carbonyl (C=O) groups excluding carboxylic acids is 1. The molecule has 1 atom stereocenters. The van der Waals surface area contributed by atoms with Gasteiger partial charge >= 0.3 is 6.03 Å². The zero-order valence-corrected chi connectivity index (χ0v) is 14.1. The van der Waals surface area contributed by atoms with Crippen LogP contribution in [0.25, 0.3) is 0 Å². The molecule has 0 spiro atoms. The van der Waals surface area contributed by atoms with E-state index in [9.17, 15) is 9.90 Å². The van der Waals surface area contributed by atoms with Crippen LogP contribution in [0.2, 0.25) is 0 Å². The van der Waals surface area contributed by atoms with Crippen molar-refractivity contribution in [1.82, 2.24) is 15.6 Å². The van der Waals surface area contributed by atoms with Gasteiger partial charge in [-0.1, -0.05) is 30.3 Å². The van der Waals surface area contributed by atoms with E-state index in [0.717, 1.165) is 35.5 Å². The molecule has 2 aromatic rings. The summed E-state index contributed by atoms with van der Waals surface area (Å²) in [6.07, 6.45) is 2.85. The SMILES string of the molecule is Cc1csc(CCCCNC(=O)NC(CO)c2ccccc2)n1. The van der Waals surface area contributed by atoms with Gasteiger partial charge in [0.2, 0.25) is 0 Å². The lowest BCUT2D eigenvalue weighted by Crippen LogP contribution is -2.39. The van der Waals surface area contributed by atoms with Gasteiger partial charge in [-0.15, -0.1) is 11.3 Å². The Bertz CT molecular complexity index is 601. The largest absolute Gasteiger partial charge is 0.394 e.